The van der Waals surface area contributed by atoms with E-state index >= 15 is 0 Å². The highest BCUT2D eigenvalue weighted by Crippen LogP contribution is 2.22. The van der Waals surface area contributed by atoms with Gasteiger partial charge in [0.2, 0.25) is 0 Å². The van der Waals surface area contributed by atoms with Crippen LogP contribution in [0.5, 0.6) is 0 Å². The number of rotatable bonds is 4. The van der Waals surface area contributed by atoms with E-state index in [0.29, 0.717) is 6.54 Å². The van der Waals surface area contributed by atoms with E-state index in [2.05, 4.69) is 20.6 Å². The highest BCUT2D eigenvalue weighted by atomic mass is 35.5. The van der Waals surface area contributed by atoms with E-state index in [9.17, 15) is 4.79 Å². The van der Waals surface area contributed by atoms with Crippen LogP contribution in [0.3, 0.4) is 0 Å². The standard InChI is InChI=1S/C16H20ClN5O/c1-21-15(6-8-19-21)10-18-16(23)20-13-7-9-22(11-13)14-4-2-12(17)3-5-14/h2-6,8,13H,7,9-11H2,1H3,(H2,18,20,23)/t13-/m0/s1. The molecule has 1 atom stereocenters. The second kappa shape index (κ2) is 6.91. The number of urea groups is 1. The molecule has 1 aliphatic rings. The Morgan fingerprint density at radius 3 is 2.83 bits per heavy atom. The molecule has 2 amide bonds. The van der Waals surface area contributed by atoms with Crippen LogP contribution in [-0.2, 0) is 13.6 Å². The number of anilines is 1. The molecular weight excluding hydrogens is 314 g/mol. The largest absolute Gasteiger partial charge is 0.369 e. The molecule has 3 rings (SSSR count). The number of hydrogen-bond donors (Lipinski definition) is 2. The Kier molecular flexibility index (Phi) is 4.71. The second-order valence-electron chi connectivity index (χ2n) is 5.68. The smallest absolute Gasteiger partial charge is 0.315 e. The van der Waals surface area contributed by atoms with E-state index in [1.54, 1.807) is 10.9 Å². The highest BCUT2D eigenvalue weighted by molar-refractivity contribution is 6.30. The van der Waals surface area contributed by atoms with Gasteiger partial charge in [-0.1, -0.05) is 11.6 Å². The molecule has 6 nitrogen and oxygen atoms in total. The maximum Gasteiger partial charge on any atom is 0.315 e. The first-order valence-corrected chi connectivity index (χ1v) is 8.01. The Hall–Kier alpha value is -2.21. The first-order chi connectivity index (χ1) is 11.1. The van der Waals surface area contributed by atoms with Crippen LogP contribution in [0.2, 0.25) is 5.02 Å². The van der Waals surface area contributed by atoms with Crippen molar-refractivity contribution in [2.75, 3.05) is 18.0 Å². The van der Waals surface area contributed by atoms with Crippen LogP contribution in [0, 0.1) is 0 Å². The molecule has 0 saturated carbocycles. The van der Waals surface area contributed by atoms with Crippen molar-refractivity contribution in [3.05, 3.63) is 47.2 Å². The highest BCUT2D eigenvalue weighted by Gasteiger charge is 2.24. The Morgan fingerprint density at radius 2 is 2.13 bits per heavy atom. The lowest BCUT2D eigenvalue weighted by atomic mass is 10.3. The minimum Gasteiger partial charge on any atom is -0.369 e. The lowest BCUT2D eigenvalue weighted by Gasteiger charge is -2.19. The van der Waals surface area contributed by atoms with Gasteiger partial charge in [-0.15, -0.1) is 0 Å². The Morgan fingerprint density at radius 1 is 1.35 bits per heavy atom. The monoisotopic (exact) mass is 333 g/mol. The number of carbonyl (C=O) groups is 1. The van der Waals surface area contributed by atoms with Crippen LogP contribution in [-0.4, -0.2) is 34.9 Å². The third-order valence-corrected chi connectivity index (χ3v) is 4.32. The fourth-order valence-electron chi connectivity index (χ4n) is 2.75. The molecule has 2 heterocycles. The number of aryl methyl sites for hydroxylation is 1. The molecule has 0 spiro atoms. The number of benzene rings is 1. The van der Waals surface area contributed by atoms with Gasteiger partial charge in [-0.3, -0.25) is 4.68 Å². The summed E-state index contributed by atoms with van der Waals surface area (Å²) in [6.07, 6.45) is 2.65. The van der Waals surface area contributed by atoms with Gasteiger partial charge in [0.05, 0.1) is 12.2 Å². The average molecular weight is 334 g/mol. The predicted octanol–water partition coefficient (Wildman–Crippen LogP) is 2.15. The van der Waals surface area contributed by atoms with E-state index in [4.69, 9.17) is 11.6 Å². The van der Waals surface area contributed by atoms with E-state index in [-0.39, 0.29) is 12.1 Å². The first kappa shape index (κ1) is 15.7. The molecule has 0 aliphatic carbocycles. The molecule has 1 saturated heterocycles. The maximum atomic E-state index is 12.0. The van der Waals surface area contributed by atoms with Crippen molar-refractivity contribution in [3.8, 4) is 0 Å². The van der Waals surface area contributed by atoms with E-state index in [1.165, 1.54) is 0 Å². The zero-order valence-corrected chi connectivity index (χ0v) is 13.8. The summed E-state index contributed by atoms with van der Waals surface area (Å²) in [6.45, 7) is 2.20. The Labute approximate surface area is 140 Å². The maximum absolute atomic E-state index is 12.0. The number of halogens is 1. The topological polar surface area (TPSA) is 62.2 Å². The number of hydrogen-bond acceptors (Lipinski definition) is 3. The lowest BCUT2D eigenvalue weighted by molar-refractivity contribution is 0.237. The van der Waals surface area contributed by atoms with Gasteiger partial charge < -0.3 is 15.5 Å². The summed E-state index contributed by atoms with van der Waals surface area (Å²) in [7, 11) is 1.86. The van der Waals surface area contributed by atoms with E-state index in [1.807, 2.05) is 37.4 Å². The second-order valence-corrected chi connectivity index (χ2v) is 6.12. The molecule has 1 aromatic carbocycles. The number of nitrogens with one attached hydrogen (secondary N) is 2. The van der Waals surface area contributed by atoms with Crippen LogP contribution in [0.15, 0.2) is 36.5 Å². The molecule has 1 aromatic heterocycles. The molecule has 122 valence electrons. The molecule has 2 N–H and O–H groups in total. The summed E-state index contributed by atoms with van der Waals surface area (Å²) in [5.41, 5.74) is 2.10. The van der Waals surface area contributed by atoms with Crippen molar-refractivity contribution in [1.29, 1.82) is 0 Å². The zero-order chi connectivity index (χ0) is 16.2. The molecule has 1 fully saturated rings. The summed E-state index contributed by atoms with van der Waals surface area (Å²) in [6, 6.07) is 9.68. The van der Waals surface area contributed by atoms with E-state index < -0.39 is 0 Å². The van der Waals surface area contributed by atoms with Crippen molar-refractivity contribution in [3.63, 3.8) is 0 Å². The number of nitrogens with zero attached hydrogens (tertiary/aromatic N) is 3. The molecule has 1 aliphatic heterocycles. The van der Waals surface area contributed by atoms with E-state index in [0.717, 1.165) is 35.9 Å². The van der Waals surface area contributed by atoms with Crippen molar-refractivity contribution in [2.24, 2.45) is 7.05 Å². The van der Waals surface area contributed by atoms with Gasteiger partial charge in [0.15, 0.2) is 0 Å². The number of carbonyl (C=O) groups excluding carboxylic acids is 1. The molecule has 0 radical (unpaired) electrons. The van der Waals surface area contributed by atoms with Crippen molar-refractivity contribution in [2.45, 2.75) is 19.0 Å². The fourth-order valence-corrected chi connectivity index (χ4v) is 2.87. The van der Waals surface area contributed by atoms with Crippen molar-refractivity contribution >= 4 is 23.3 Å². The summed E-state index contributed by atoms with van der Waals surface area (Å²) >= 11 is 5.91. The third kappa shape index (κ3) is 3.96. The molecule has 2 aromatic rings. The molecule has 0 bridgehead atoms. The summed E-state index contributed by atoms with van der Waals surface area (Å²) < 4.78 is 1.75. The summed E-state index contributed by atoms with van der Waals surface area (Å²) in [5.74, 6) is 0. The van der Waals surface area contributed by atoms with Gasteiger partial charge in [0.25, 0.3) is 0 Å². The minimum atomic E-state index is -0.144. The Bertz CT molecular complexity index is 669. The lowest BCUT2D eigenvalue weighted by Crippen LogP contribution is -2.43. The van der Waals surface area contributed by atoms with Crippen LogP contribution < -0.4 is 15.5 Å². The molecule has 23 heavy (non-hydrogen) atoms. The fraction of sp³-hybridized carbons (Fsp3) is 0.375. The zero-order valence-electron chi connectivity index (χ0n) is 13.0. The summed E-state index contributed by atoms with van der Waals surface area (Å²) in [4.78, 5) is 14.3. The van der Waals surface area contributed by atoms with Crippen LogP contribution in [0.4, 0.5) is 10.5 Å². The average Bonchev–Trinajstić information content (AvgIpc) is 3.15. The van der Waals surface area contributed by atoms with Crippen molar-refractivity contribution in [1.82, 2.24) is 20.4 Å². The van der Waals surface area contributed by atoms with Crippen LogP contribution in [0.1, 0.15) is 12.1 Å². The number of aromatic nitrogens is 2. The first-order valence-electron chi connectivity index (χ1n) is 7.63. The Balaban J connectivity index is 1.47. The van der Waals surface area contributed by atoms with Crippen LogP contribution in [0.25, 0.3) is 0 Å². The van der Waals surface area contributed by atoms with Gasteiger partial charge >= 0.3 is 6.03 Å². The van der Waals surface area contributed by atoms with Gasteiger partial charge in [0.1, 0.15) is 0 Å². The number of amides is 2. The molecule has 7 heteroatoms. The minimum absolute atomic E-state index is 0.144. The van der Waals surface area contributed by atoms with Gasteiger partial charge in [-0.2, -0.15) is 5.10 Å². The van der Waals surface area contributed by atoms with Gasteiger partial charge in [-0.25, -0.2) is 4.79 Å². The summed E-state index contributed by atoms with van der Waals surface area (Å²) in [5, 5.41) is 10.7. The molecular formula is C16H20ClN5O. The quantitative estimate of drug-likeness (QED) is 0.901. The third-order valence-electron chi connectivity index (χ3n) is 4.07. The SMILES string of the molecule is Cn1nccc1CNC(=O)N[C@H]1CCN(c2ccc(Cl)cc2)C1. The molecule has 0 unspecified atom stereocenters. The van der Waals surface area contributed by atoms with Crippen LogP contribution >= 0.6 is 11.6 Å². The van der Waals surface area contributed by atoms with Gasteiger partial charge in [-0.05, 0) is 36.8 Å². The predicted molar refractivity (Wildman–Crippen MR) is 90.6 cm³/mol. The van der Waals surface area contributed by atoms with Gasteiger partial charge in [0, 0.05) is 43.1 Å². The normalized spacial score (nSPS) is 17.3. The van der Waals surface area contributed by atoms with Crippen molar-refractivity contribution < 1.29 is 4.79 Å².